The minimum absolute atomic E-state index is 0.104. The van der Waals surface area contributed by atoms with Crippen LogP contribution in [0.3, 0.4) is 0 Å². The summed E-state index contributed by atoms with van der Waals surface area (Å²) in [7, 11) is 0. The molecule has 250 valence electrons. The zero-order valence-electron chi connectivity index (χ0n) is 27.5. The van der Waals surface area contributed by atoms with Crippen molar-refractivity contribution in [2.24, 2.45) is 0 Å². The summed E-state index contributed by atoms with van der Waals surface area (Å²) >= 11 is 1.68. The summed E-state index contributed by atoms with van der Waals surface area (Å²) in [6, 6.07) is 22.7. The molecule has 0 N–H and O–H groups in total. The molecule has 0 spiro atoms. The van der Waals surface area contributed by atoms with Crippen LogP contribution in [0.25, 0.3) is 10.8 Å². The topological polar surface area (TPSA) is 75.7 Å². The van der Waals surface area contributed by atoms with E-state index >= 15 is 0 Å². The molecule has 1 aromatic heterocycles. The standard InChI is InChI=1S/C38H45NO7S/c1-5-18-42-34-14-9-30-8-7-28(22-32(30)23-34)26-44-36-24-39(46-37(40)45-38(2,3)4)17-15-35(36)31-10-12-33(13-11-31)43-20-6-19-41-25-29-16-21-47-27-29/h5,7-14,16,21-23,27,35-36H,1,6,15,17-20,24-26H2,2-4H3. The first kappa shape index (κ1) is 34.4. The van der Waals surface area contributed by atoms with Crippen LogP contribution in [0.4, 0.5) is 4.79 Å². The van der Waals surface area contributed by atoms with Crippen LogP contribution in [0.5, 0.6) is 11.5 Å². The van der Waals surface area contributed by atoms with Gasteiger partial charge in [0.25, 0.3) is 0 Å². The van der Waals surface area contributed by atoms with Gasteiger partial charge in [-0.3, -0.25) is 0 Å². The predicted octanol–water partition coefficient (Wildman–Crippen LogP) is 8.69. The van der Waals surface area contributed by atoms with Crippen molar-refractivity contribution in [3.05, 3.63) is 107 Å². The van der Waals surface area contributed by atoms with Gasteiger partial charge in [0, 0.05) is 18.9 Å². The van der Waals surface area contributed by atoms with Crippen molar-refractivity contribution in [1.29, 1.82) is 0 Å². The van der Waals surface area contributed by atoms with E-state index in [9.17, 15) is 4.79 Å². The lowest BCUT2D eigenvalue weighted by molar-refractivity contribution is -0.179. The Labute approximate surface area is 281 Å². The number of fused-ring (bicyclic) bond motifs is 1. The largest absolute Gasteiger partial charge is 0.528 e. The summed E-state index contributed by atoms with van der Waals surface area (Å²) in [5.74, 6) is 1.72. The van der Waals surface area contributed by atoms with E-state index in [1.807, 2.05) is 45.0 Å². The number of rotatable bonds is 15. The first-order valence-electron chi connectivity index (χ1n) is 16.1. The Morgan fingerprint density at radius 3 is 2.51 bits per heavy atom. The molecule has 4 aromatic rings. The predicted molar refractivity (Wildman–Crippen MR) is 185 cm³/mol. The molecule has 0 amide bonds. The van der Waals surface area contributed by atoms with Gasteiger partial charge in [-0.05, 0) is 102 Å². The molecule has 8 nitrogen and oxygen atoms in total. The van der Waals surface area contributed by atoms with Crippen molar-refractivity contribution >= 4 is 28.3 Å². The van der Waals surface area contributed by atoms with Gasteiger partial charge in [-0.1, -0.05) is 43.0 Å². The summed E-state index contributed by atoms with van der Waals surface area (Å²) in [6.45, 7) is 12.9. The fraction of sp³-hybridized carbons (Fsp3) is 0.395. The summed E-state index contributed by atoms with van der Waals surface area (Å²) in [6.07, 6.45) is 2.36. The first-order chi connectivity index (χ1) is 22.8. The Hall–Kier alpha value is -3.89. The lowest BCUT2D eigenvalue weighted by Gasteiger charge is -2.37. The number of hydrogen-bond acceptors (Lipinski definition) is 9. The van der Waals surface area contributed by atoms with Crippen LogP contribution >= 0.6 is 11.3 Å². The molecule has 1 aliphatic rings. The zero-order chi connectivity index (χ0) is 33.1. The van der Waals surface area contributed by atoms with Gasteiger partial charge in [0.1, 0.15) is 23.7 Å². The second-order valence-corrected chi connectivity index (χ2v) is 13.4. The van der Waals surface area contributed by atoms with E-state index in [1.165, 1.54) is 5.56 Å². The molecule has 1 fully saturated rings. The maximum Gasteiger partial charge on any atom is 0.528 e. The van der Waals surface area contributed by atoms with Crippen molar-refractivity contribution in [3.63, 3.8) is 0 Å². The second-order valence-electron chi connectivity index (χ2n) is 12.6. The minimum atomic E-state index is -0.711. The Bertz CT molecular complexity index is 1570. The van der Waals surface area contributed by atoms with Crippen LogP contribution in [-0.2, 0) is 32.3 Å². The summed E-state index contributed by atoms with van der Waals surface area (Å²) in [4.78, 5) is 18.0. The molecule has 0 aliphatic carbocycles. The van der Waals surface area contributed by atoms with Gasteiger partial charge in [-0.15, -0.1) is 5.06 Å². The second kappa shape index (κ2) is 16.8. The van der Waals surface area contributed by atoms with E-state index in [1.54, 1.807) is 22.5 Å². The molecule has 0 saturated carbocycles. The van der Waals surface area contributed by atoms with Gasteiger partial charge in [0.05, 0.1) is 39.1 Å². The maximum absolute atomic E-state index is 12.5. The molecular formula is C38H45NO7S. The molecule has 5 rings (SSSR count). The van der Waals surface area contributed by atoms with Crippen LogP contribution < -0.4 is 9.47 Å². The number of nitrogens with zero attached hydrogens (tertiary/aromatic N) is 1. The summed E-state index contributed by atoms with van der Waals surface area (Å²) < 4.78 is 29.4. The van der Waals surface area contributed by atoms with E-state index in [-0.39, 0.29) is 12.0 Å². The quantitative estimate of drug-likeness (QED) is 0.0713. The lowest BCUT2D eigenvalue weighted by Crippen LogP contribution is -2.45. The minimum Gasteiger partial charge on any atom is -0.494 e. The highest BCUT2D eigenvalue weighted by molar-refractivity contribution is 7.07. The molecule has 47 heavy (non-hydrogen) atoms. The van der Waals surface area contributed by atoms with Crippen molar-refractivity contribution < 1.29 is 33.3 Å². The summed E-state index contributed by atoms with van der Waals surface area (Å²) in [5, 5.41) is 8.01. The molecular weight excluding hydrogens is 614 g/mol. The number of carbonyl (C=O) groups excluding carboxylic acids is 1. The number of benzene rings is 3. The number of hydroxylamine groups is 2. The average Bonchev–Trinajstić information content (AvgIpc) is 3.57. The average molecular weight is 660 g/mol. The molecule has 0 radical (unpaired) electrons. The fourth-order valence-electron chi connectivity index (χ4n) is 5.43. The van der Waals surface area contributed by atoms with Gasteiger partial charge in [0.2, 0.25) is 0 Å². The van der Waals surface area contributed by atoms with Crippen molar-refractivity contribution in [1.82, 2.24) is 5.06 Å². The Morgan fingerprint density at radius 1 is 0.936 bits per heavy atom. The third kappa shape index (κ3) is 10.8. The normalized spacial score (nSPS) is 16.9. The van der Waals surface area contributed by atoms with Crippen LogP contribution in [0, 0.1) is 0 Å². The summed E-state index contributed by atoms with van der Waals surface area (Å²) in [5.41, 5.74) is 2.77. The number of thiophene rings is 1. The van der Waals surface area contributed by atoms with Gasteiger partial charge < -0.3 is 28.5 Å². The van der Waals surface area contributed by atoms with E-state index in [0.29, 0.717) is 46.1 Å². The number of ether oxygens (including phenoxy) is 5. The Kier molecular flexibility index (Phi) is 12.3. The highest BCUT2D eigenvalue weighted by Gasteiger charge is 2.34. The first-order valence-corrected chi connectivity index (χ1v) is 17.1. The smallest absolute Gasteiger partial charge is 0.494 e. The van der Waals surface area contributed by atoms with Crippen LogP contribution in [0.2, 0.25) is 0 Å². The molecule has 3 aromatic carbocycles. The van der Waals surface area contributed by atoms with Crippen molar-refractivity contribution in [2.45, 2.75) is 64.4 Å². The number of carbonyl (C=O) groups is 1. The zero-order valence-corrected chi connectivity index (χ0v) is 28.3. The van der Waals surface area contributed by atoms with E-state index in [4.69, 9.17) is 28.5 Å². The molecule has 0 bridgehead atoms. The maximum atomic E-state index is 12.5. The SMILES string of the molecule is C=CCOc1ccc2ccc(COC3CN(OC(=O)OC(C)(C)C)CCC3c3ccc(OCCCOCc4ccsc4)cc3)cc2c1. The number of piperidine rings is 1. The molecule has 2 atom stereocenters. The highest BCUT2D eigenvalue weighted by Crippen LogP contribution is 2.33. The molecule has 1 saturated heterocycles. The van der Waals surface area contributed by atoms with E-state index in [2.05, 4.69) is 59.8 Å². The molecule has 2 heterocycles. The highest BCUT2D eigenvalue weighted by atomic mass is 32.1. The van der Waals surface area contributed by atoms with E-state index < -0.39 is 11.8 Å². The lowest BCUT2D eigenvalue weighted by atomic mass is 9.87. The third-order valence-electron chi connectivity index (χ3n) is 7.68. The molecule has 1 aliphatic heterocycles. The molecule has 2 unspecified atom stereocenters. The van der Waals surface area contributed by atoms with Gasteiger partial charge in [-0.25, -0.2) is 4.79 Å². The van der Waals surface area contributed by atoms with Crippen LogP contribution in [0.15, 0.2) is 90.1 Å². The number of hydrogen-bond donors (Lipinski definition) is 0. The van der Waals surface area contributed by atoms with Crippen molar-refractivity contribution in [3.8, 4) is 11.5 Å². The van der Waals surface area contributed by atoms with Gasteiger partial charge >= 0.3 is 6.16 Å². The van der Waals surface area contributed by atoms with Gasteiger partial charge in [0.15, 0.2) is 0 Å². The van der Waals surface area contributed by atoms with E-state index in [0.717, 1.165) is 46.2 Å². The third-order valence-corrected chi connectivity index (χ3v) is 8.41. The fourth-order valence-corrected chi connectivity index (χ4v) is 6.09. The monoisotopic (exact) mass is 659 g/mol. The Balaban J connectivity index is 1.21. The van der Waals surface area contributed by atoms with Crippen molar-refractivity contribution in [2.75, 3.05) is 32.9 Å². The van der Waals surface area contributed by atoms with Crippen LogP contribution in [-0.4, -0.2) is 55.8 Å². The Morgan fingerprint density at radius 2 is 1.74 bits per heavy atom. The van der Waals surface area contributed by atoms with Crippen LogP contribution in [0.1, 0.15) is 56.2 Å². The molecule has 9 heteroatoms. The van der Waals surface area contributed by atoms with Gasteiger partial charge in [-0.2, -0.15) is 11.3 Å².